The van der Waals surface area contributed by atoms with E-state index in [9.17, 15) is 0 Å². The van der Waals surface area contributed by atoms with E-state index < -0.39 is 0 Å². The summed E-state index contributed by atoms with van der Waals surface area (Å²) < 4.78 is 12.3. The third-order valence-corrected chi connectivity index (χ3v) is 3.31. The molecule has 5 heteroatoms. The molecule has 2 aromatic rings. The molecule has 0 aromatic carbocycles. The van der Waals surface area contributed by atoms with Crippen LogP contribution in [0, 0.1) is 6.92 Å². The molecule has 0 bridgehead atoms. The maximum absolute atomic E-state index is 5.72. The van der Waals surface area contributed by atoms with Crippen LogP contribution in [0.25, 0.3) is 0 Å². The van der Waals surface area contributed by atoms with Crippen LogP contribution in [0.2, 0.25) is 0 Å². The quantitative estimate of drug-likeness (QED) is 0.779. The third-order valence-electron chi connectivity index (χ3n) is 2.87. The maximum Gasteiger partial charge on any atom is 0.139 e. The van der Waals surface area contributed by atoms with E-state index in [0.717, 1.165) is 46.8 Å². The summed E-state index contributed by atoms with van der Waals surface area (Å²) in [7, 11) is 0. The number of aromatic nitrogens is 1. The largest absolute Gasteiger partial charge is 0.487 e. The van der Waals surface area contributed by atoms with Crippen molar-refractivity contribution in [3.8, 4) is 5.75 Å². The Morgan fingerprint density at radius 3 is 2.95 bits per heavy atom. The first kappa shape index (κ1) is 15.1. The highest BCUT2D eigenvalue weighted by molar-refractivity contribution is 9.10. The number of aryl methyl sites for hydroxylation is 1. The minimum atomic E-state index is 0.487. The Labute approximate surface area is 127 Å². The van der Waals surface area contributed by atoms with Crippen LogP contribution in [0.1, 0.15) is 30.4 Å². The highest BCUT2D eigenvalue weighted by Crippen LogP contribution is 2.20. The van der Waals surface area contributed by atoms with Gasteiger partial charge < -0.3 is 14.5 Å². The topological polar surface area (TPSA) is 47.3 Å². The number of hydrogen-bond acceptors (Lipinski definition) is 4. The number of pyridine rings is 1. The fourth-order valence-corrected chi connectivity index (χ4v) is 2.18. The van der Waals surface area contributed by atoms with Crippen molar-refractivity contribution in [3.05, 3.63) is 46.1 Å². The van der Waals surface area contributed by atoms with Gasteiger partial charge in [-0.2, -0.15) is 0 Å². The Kier molecular flexibility index (Phi) is 5.61. The summed E-state index contributed by atoms with van der Waals surface area (Å²) in [6.45, 7) is 6.34. The Bertz CT molecular complexity index is 555. The highest BCUT2D eigenvalue weighted by atomic mass is 79.9. The number of furan rings is 1. The van der Waals surface area contributed by atoms with Crippen LogP contribution < -0.4 is 10.1 Å². The zero-order valence-electron chi connectivity index (χ0n) is 11.8. The molecule has 0 aliphatic carbocycles. The Morgan fingerprint density at radius 1 is 1.35 bits per heavy atom. The molecule has 0 radical (unpaired) electrons. The van der Waals surface area contributed by atoms with Crippen LogP contribution in [0.5, 0.6) is 5.75 Å². The van der Waals surface area contributed by atoms with Gasteiger partial charge in [0.25, 0.3) is 0 Å². The predicted octanol–water partition coefficient (Wildman–Crippen LogP) is 3.82. The van der Waals surface area contributed by atoms with E-state index in [4.69, 9.17) is 9.15 Å². The fourth-order valence-electron chi connectivity index (χ4n) is 1.84. The molecule has 0 amide bonds. The summed E-state index contributed by atoms with van der Waals surface area (Å²) >= 11 is 3.37. The fraction of sp³-hybridized carbons (Fsp3) is 0.400. The van der Waals surface area contributed by atoms with Gasteiger partial charge in [0.2, 0.25) is 0 Å². The normalized spacial score (nSPS) is 10.8. The van der Waals surface area contributed by atoms with E-state index in [1.54, 1.807) is 12.4 Å². The summed E-state index contributed by atoms with van der Waals surface area (Å²) in [5, 5.41) is 3.32. The molecule has 4 nitrogen and oxygen atoms in total. The second-order valence-electron chi connectivity index (χ2n) is 4.60. The lowest BCUT2D eigenvalue weighted by molar-refractivity contribution is 0.301. The standard InChI is InChI=1S/C15H19BrN2O2/c1-3-4-17-9-15-5-12(11(2)20-15)10-19-14-6-13(16)7-18-8-14/h5-8,17H,3-4,9-10H2,1-2H3. The molecule has 2 aromatic heterocycles. The van der Waals surface area contributed by atoms with Gasteiger partial charge in [-0.1, -0.05) is 6.92 Å². The van der Waals surface area contributed by atoms with Crippen LogP contribution in [-0.2, 0) is 13.2 Å². The molecule has 0 saturated heterocycles. The van der Waals surface area contributed by atoms with Crippen molar-refractivity contribution < 1.29 is 9.15 Å². The number of nitrogens with one attached hydrogen (secondary N) is 1. The van der Waals surface area contributed by atoms with Crippen molar-refractivity contribution in [2.75, 3.05) is 6.54 Å². The average Bonchev–Trinajstić information content (AvgIpc) is 2.77. The van der Waals surface area contributed by atoms with E-state index in [0.29, 0.717) is 6.61 Å². The van der Waals surface area contributed by atoms with Gasteiger partial charge in [0.1, 0.15) is 23.9 Å². The first-order valence-corrected chi connectivity index (χ1v) is 7.50. The monoisotopic (exact) mass is 338 g/mol. The zero-order chi connectivity index (χ0) is 14.4. The molecule has 2 rings (SSSR count). The van der Waals surface area contributed by atoms with Crippen LogP contribution in [0.15, 0.2) is 33.4 Å². The van der Waals surface area contributed by atoms with Crippen molar-refractivity contribution in [3.63, 3.8) is 0 Å². The smallest absolute Gasteiger partial charge is 0.139 e. The first-order valence-electron chi connectivity index (χ1n) is 6.71. The van der Waals surface area contributed by atoms with E-state index >= 15 is 0 Å². The molecule has 0 saturated carbocycles. The highest BCUT2D eigenvalue weighted by Gasteiger charge is 2.08. The molecular weight excluding hydrogens is 320 g/mol. The molecule has 0 spiro atoms. The average molecular weight is 339 g/mol. The van der Waals surface area contributed by atoms with Gasteiger partial charge in [0, 0.05) is 16.2 Å². The zero-order valence-corrected chi connectivity index (χ0v) is 13.4. The van der Waals surface area contributed by atoms with Crippen LogP contribution in [0.3, 0.4) is 0 Å². The Hall–Kier alpha value is -1.33. The summed E-state index contributed by atoms with van der Waals surface area (Å²) in [5.74, 6) is 2.59. The lowest BCUT2D eigenvalue weighted by Gasteiger charge is -2.04. The maximum atomic E-state index is 5.72. The van der Waals surface area contributed by atoms with Gasteiger partial charge in [0.05, 0.1) is 12.7 Å². The van der Waals surface area contributed by atoms with Gasteiger partial charge >= 0.3 is 0 Å². The van der Waals surface area contributed by atoms with Gasteiger partial charge in [0.15, 0.2) is 0 Å². The molecule has 0 aliphatic heterocycles. The molecule has 0 aliphatic rings. The number of halogens is 1. The van der Waals surface area contributed by atoms with E-state index in [2.05, 4.69) is 33.2 Å². The molecular formula is C15H19BrN2O2. The van der Waals surface area contributed by atoms with Crippen LogP contribution >= 0.6 is 15.9 Å². The third kappa shape index (κ3) is 4.35. The molecule has 0 atom stereocenters. The van der Waals surface area contributed by atoms with Crippen molar-refractivity contribution in [1.29, 1.82) is 0 Å². The van der Waals surface area contributed by atoms with Crippen molar-refractivity contribution in [2.24, 2.45) is 0 Å². The van der Waals surface area contributed by atoms with Crippen molar-refractivity contribution >= 4 is 15.9 Å². The number of nitrogens with zero attached hydrogens (tertiary/aromatic N) is 1. The Balaban J connectivity index is 1.92. The molecule has 1 N–H and O–H groups in total. The van der Waals surface area contributed by atoms with Crippen LogP contribution in [0.4, 0.5) is 0 Å². The first-order chi connectivity index (χ1) is 9.69. The molecule has 0 fully saturated rings. The molecule has 0 unspecified atom stereocenters. The van der Waals surface area contributed by atoms with E-state index in [1.165, 1.54) is 0 Å². The minimum absolute atomic E-state index is 0.487. The molecule has 20 heavy (non-hydrogen) atoms. The SMILES string of the molecule is CCCNCc1cc(COc2cncc(Br)c2)c(C)o1. The lowest BCUT2D eigenvalue weighted by Crippen LogP contribution is -2.13. The lowest BCUT2D eigenvalue weighted by atomic mass is 10.2. The summed E-state index contributed by atoms with van der Waals surface area (Å²) in [6, 6.07) is 3.94. The minimum Gasteiger partial charge on any atom is -0.487 e. The second kappa shape index (κ2) is 7.45. The molecule has 108 valence electrons. The van der Waals surface area contributed by atoms with Crippen molar-refractivity contribution in [1.82, 2.24) is 10.3 Å². The van der Waals surface area contributed by atoms with Crippen molar-refractivity contribution in [2.45, 2.75) is 33.4 Å². The van der Waals surface area contributed by atoms with Crippen LogP contribution in [-0.4, -0.2) is 11.5 Å². The van der Waals surface area contributed by atoms with E-state index in [1.807, 2.05) is 19.1 Å². The second-order valence-corrected chi connectivity index (χ2v) is 5.51. The Morgan fingerprint density at radius 2 is 2.20 bits per heavy atom. The number of rotatable bonds is 7. The van der Waals surface area contributed by atoms with Gasteiger partial charge in [-0.3, -0.25) is 4.98 Å². The summed E-state index contributed by atoms with van der Waals surface area (Å²) in [6.07, 6.45) is 4.54. The van der Waals surface area contributed by atoms with Gasteiger partial charge in [-0.05, 0) is 48.0 Å². The summed E-state index contributed by atoms with van der Waals surface area (Å²) in [5.41, 5.74) is 1.07. The van der Waals surface area contributed by atoms with Gasteiger partial charge in [-0.15, -0.1) is 0 Å². The van der Waals surface area contributed by atoms with Gasteiger partial charge in [-0.25, -0.2) is 0 Å². The number of ether oxygens (including phenoxy) is 1. The summed E-state index contributed by atoms with van der Waals surface area (Å²) in [4.78, 5) is 4.07. The number of hydrogen-bond donors (Lipinski definition) is 1. The van der Waals surface area contributed by atoms with E-state index in [-0.39, 0.29) is 0 Å². The molecule has 2 heterocycles. The predicted molar refractivity (Wildman–Crippen MR) is 81.7 cm³/mol.